The quantitative estimate of drug-likeness (QED) is 0.735. The number of nitrogens with zero attached hydrogens (tertiary/aromatic N) is 2. The van der Waals surface area contributed by atoms with E-state index in [0.29, 0.717) is 5.56 Å². The van der Waals surface area contributed by atoms with Crippen LogP contribution in [-0.4, -0.2) is 13.1 Å². The molecule has 0 bridgehead atoms. The molecular formula is C13H13BrN2. The van der Waals surface area contributed by atoms with E-state index < -0.39 is 0 Å². The molecule has 1 aliphatic heterocycles. The molecule has 1 heterocycles. The molecule has 1 aromatic rings. The minimum Gasteiger partial charge on any atom is -0.367 e. The molecule has 0 aliphatic carbocycles. The molecule has 2 rings (SSSR count). The first-order valence-corrected chi connectivity index (χ1v) is 6.10. The molecule has 1 aromatic carbocycles. The van der Waals surface area contributed by atoms with Crippen molar-refractivity contribution in [2.24, 2.45) is 0 Å². The van der Waals surface area contributed by atoms with E-state index >= 15 is 0 Å². The second kappa shape index (κ2) is 4.71. The van der Waals surface area contributed by atoms with Crippen LogP contribution < -0.4 is 4.90 Å². The van der Waals surface area contributed by atoms with E-state index in [0.717, 1.165) is 24.0 Å². The Morgan fingerprint density at radius 1 is 1.44 bits per heavy atom. The maximum absolute atomic E-state index is 8.85. The van der Waals surface area contributed by atoms with E-state index in [9.17, 15) is 0 Å². The maximum atomic E-state index is 8.85. The van der Waals surface area contributed by atoms with Gasteiger partial charge in [-0.1, -0.05) is 11.6 Å². The first kappa shape index (κ1) is 11.2. The Kier molecular flexibility index (Phi) is 3.31. The van der Waals surface area contributed by atoms with Gasteiger partial charge in [0.15, 0.2) is 0 Å². The summed E-state index contributed by atoms with van der Waals surface area (Å²) in [7, 11) is 0. The van der Waals surface area contributed by atoms with Gasteiger partial charge in [0.05, 0.1) is 5.56 Å². The molecular weight excluding hydrogens is 264 g/mol. The lowest BCUT2D eigenvalue weighted by Crippen LogP contribution is -2.27. The number of halogens is 1. The lowest BCUT2D eigenvalue weighted by Gasteiger charge is -2.27. The Morgan fingerprint density at radius 2 is 2.25 bits per heavy atom. The molecule has 0 saturated heterocycles. The Labute approximate surface area is 104 Å². The number of hydrogen-bond donors (Lipinski definition) is 0. The zero-order valence-corrected chi connectivity index (χ0v) is 10.8. The van der Waals surface area contributed by atoms with Crippen molar-refractivity contribution in [1.82, 2.24) is 0 Å². The molecule has 1 aliphatic rings. The zero-order valence-electron chi connectivity index (χ0n) is 9.20. The smallest absolute Gasteiger partial charge is 0.100 e. The average molecular weight is 277 g/mol. The number of benzene rings is 1. The Balaban J connectivity index is 2.23. The van der Waals surface area contributed by atoms with Gasteiger partial charge in [-0.15, -0.1) is 0 Å². The molecule has 0 spiro atoms. The highest BCUT2D eigenvalue weighted by Crippen LogP contribution is 2.25. The van der Waals surface area contributed by atoms with Gasteiger partial charge in [-0.05, 0) is 47.5 Å². The van der Waals surface area contributed by atoms with Gasteiger partial charge in [0.2, 0.25) is 0 Å². The van der Waals surface area contributed by atoms with E-state index in [1.807, 2.05) is 18.2 Å². The fraction of sp³-hybridized carbons (Fsp3) is 0.308. The molecule has 0 saturated carbocycles. The summed E-state index contributed by atoms with van der Waals surface area (Å²) in [6, 6.07) is 8.05. The van der Waals surface area contributed by atoms with Crippen LogP contribution >= 0.6 is 15.9 Å². The van der Waals surface area contributed by atoms with Crippen LogP contribution in [0.25, 0.3) is 0 Å². The van der Waals surface area contributed by atoms with Crippen LogP contribution in [0.2, 0.25) is 0 Å². The summed E-state index contributed by atoms with van der Waals surface area (Å²) in [5.74, 6) is 0. The molecule has 82 valence electrons. The molecule has 2 nitrogen and oxygen atoms in total. The van der Waals surface area contributed by atoms with Crippen LogP contribution in [0.1, 0.15) is 18.9 Å². The normalized spacial score (nSPS) is 15.6. The van der Waals surface area contributed by atoms with E-state index in [4.69, 9.17) is 5.26 Å². The third kappa shape index (κ3) is 2.28. The predicted molar refractivity (Wildman–Crippen MR) is 69.4 cm³/mol. The molecule has 0 fully saturated rings. The van der Waals surface area contributed by atoms with Gasteiger partial charge < -0.3 is 4.90 Å². The van der Waals surface area contributed by atoms with Crippen molar-refractivity contribution in [2.45, 2.75) is 13.3 Å². The Morgan fingerprint density at radius 3 is 2.81 bits per heavy atom. The third-order valence-electron chi connectivity index (χ3n) is 2.87. The Hall–Kier alpha value is -1.27. The third-order valence-corrected chi connectivity index (χ3v) is 3.53. The number of nitriles is 1. The molecule has 16 heavy (non-hydrogen) atoms. The van der Waals surface area contributed by atoms with Crippen LogP contribution in [0.3, 0.4) is 0 Å². The molecule has 3 heteroatoms. The van der Waals surface area contributed by atoms with Gasteiger partial charge in [0.1, 0.15) is 6.07 Å². The van der Waals surface area contributed by atoms with Gasteiger partial charge in [-0.3, -0.25) is 0 Å². The summed E-state index contributed by atoms with van der Waals surface area (Å²) in [5.41, 5.74) is 3.33. The monoisotopic (exact) mass is 276 g/mol. The highest BCUT2D eigenvalue weighted by molar-refractivity contribution is 9.10. The van der Waals surface area contributed by atoms with Crippen molar-refractivity contribution < 1.29 is 0 Å². The lowest BCUT2D eigenvalue weighted by molar-refractivity contribution is 0.787. The summed E-state index contributed by atoms with van der Waals surface area (Å²) < 4.78 is 0.874. The van der Waals surface area contributed by atoms with Gasteiger partial charge in [0.25, 0.3) is 0 Å². The maximum Gasteiger partial charge on any atom is 0.100 e. The fourth-order valence-electron chi connectivity index (χ4n) is 1.80. The van der Waals surface area contributed by atoms with Crippen molar-refractivity contribution in [3.8, 4) is 6.07 Å². The van der Waals surface area contributed by atoms with Crippen molar-refractivity contribution in [3.05, 3.63) is 39.9 Å². The van der Waals surface area contributed by atoms with Crippen LogP contribution in [0, 0.1) is 11.3 Å². The van der Waals surface area contributed by atoms with E-state index in [1.54, 1.807) is 0 Å². The van der Waals surface area contributed by atoms with Gasteiger partial charge in [-0.25, -0.2) is 0 Å². The van der Waals surface area contributed by atoms with Crippen LogP contribution in [0.4, 0.5) is 5.69 Å². The fourth-order valence-corrected chi connectivity index (χ4v) is 2.25. The number of rotatable bonds is 1. The highest BCUT2D eigenvalue weighted by Gasteiger charge is 2.11. The molecule has 0 unspecified atom stereocenters. The van der Waals surface area contributed by atoms with E-state index in [1.165, 1.54) is 11.3 Å². The summed E-state index contributed by atoms with van der Waals surface area (Å²) in [5, 5.41) is 8.85. The summed E-state index contributed by atoms with van der Waals surface area (Å²) >= 11 is 3.42. The summed E-state index contributed by atoms with van der Waals surface area (Å²) in [6.45, 7) is 4.19. The van der Waals surface area contributed by atoms with E-state index in [-0.39, 0.29) is 0 Å². The van der Waals surface area contributed by atoms with Crippen molar-refractivity contribution in [2.75, 3.05) is 18.0 Å². The Bertz CT molecular complexity index is 471. The van der Waals surface area contributed by atoms with Crippen molar-refractivity contribution in [1.29, 1.82) is 5.26 Å². The molecule has 0 atom stereocenters. The number of anilines is 1. The molecule has 0 aromatic heterocycles. The van der Waals surface area contributed by atoms with Crippen LogP contribution in [0.5, 0.6) is 0 Å². The van der Waals surface area contributed by atoms with Crippen molar-refractivity contribution >= 4 is 21.6 Å². The first-order valence-electron chi connectivity index (χ1n) is 5.31. The molecule has 0 N–H and O–H groups in total. The standard InChI is InChI=1S/C13H13BrN2/c1-10-4-6-16(7-5-10)12-3-2-11(9-15)13(14)8-12/h2-4,8H,5-7H2,1H3. The minimum absolute atomic E-state index is 0.687. The van der Waals surface area contributed by atoms with E-state index in [2.05, 4.69) is 39.9 Å². The highest BCUT2D eigenvalue weighted by atomic mass is 79.9. The van der Waals surface area contributed by atoms with Gasteiger partial charge in [-0.2, -0.15) is 5.26 Å². The SMILES string of the molecule is CC1=CCN(c2ccc(C#N)c(Br)c2)CC1. The predicted octanol–water partition coefficient (Wildman–Crippen LogP) is 3.48. The second-order valence-electron chi connectivity index (χ2n) is 4.02. The average Bonchev–Trinajstić information content (AvgIpc) is 2.30. The van der Waals surface area contributed by atoms with Crippen LogP contribution in [0.15, 0.2) is 34.3 Å². The first-order chi connectivity index (χ1) is 7.70. The largest absolute Gasteiger partial charge is 0.367 e. The number of hydrogen-bond acceptors (Lipinski definition) is 2. The second-order valence-corrected chi connectivity index (χ2v) is 4.88. The topological polar surface area (TPSA) is 27.0 Å². The summed E-state index contributed by atoms with van der Waals surface area (Å²) in [6.07, 6.45) is 3.38. The van der Waals surface area contributed by atoms with Gasteiger partial charge >= 0.3 is 0 Å². The van der Waals surface area contributed by atoms with Crippen LogP contribution in [-0.2, 0) is 0 Å². The zero-order chi connectivity index (χ0) is 11.5. The molecule has 0 amide bonds. The van der Waals surface area contributed by atoms with Crippen molar-refractivity contribution in [3.63, 3.8) is 0 Å². The minimum atomic E-state index is 0.687. The molecule has 0 radical (unpaired) electrons. The van der Waals surface area contributed by atoms with Gasteiger partial charge in [0, 0.05) is 23.2 Å². The summed E-state index contributed by atoms with van der Waals surface area (Å²) in [4.78, 5) is 2.32. The lowest BCUT2D eigenvalue weighted by atomic mass is 10.1.